The predicted molar refractivity (Wildman–Crippen MR) is 83.2 cm³/mol. The van der Waals surface area contributed by atoms with Gasteiger partial charge in [-0.3, -0.25) is 9.59 Å². The summed E-state index contributed by atoms with van der Waals surface area (Å²) in [5, 5.41) is 13.8. The third-order valence-electron chi connectivity index (χ3n) is 3.32. The predicted octanol–water partition coefficient (Wildman–Crippen LogP) is 1.17. The molecule has 0 saturated carbocycles. The number of hydrogen-bond acceptors (Lipinski definition) is 4. The van der Waals surface area contributed by atoms with E-state index in [1.165, 1.54) is 0 Å². The number of aliphatic carboxylic acids is 1. The molecule has 1 saturated heterocycles. The van der Waals surface area contributed by atoms with Crippen molar-refractivity contribution in [2.24, 2.45) is 0 Å². The Labute approximate surface area is 133 Å². The quantitative estimate of drug-likeness (QED) is 0.683. The molecule has 1 aromatic carbocycles. The minimum atomic E-state index is -1.22. The Kier molecular flexibility index (Phi) is 5.87. The second-order valence-corrected chi connectivity index (χ2v) is 5.05. The molecule has 0 aromatic heterocycles. The van der Waals surface area contributed by atoms with Gasteiger partial charge in [0.1, 0.15) is 0 Å². The maximum Gasteiger partial charge on any atom is 0.328 e. The van der Waals surface area contributed by atoms with Gasteiger partial charge in [-0.1, -0.05) is 12.1 Å². The Morgan fingerprint density at radius 2 is 2.04 bits per heavy atom. The first-order chi connectivity index (χ1) is 11.1. The lowest BCUT2D eigenvalue weighted by Crippen LogP contribution is -2.32. The summed E-state index contributed by atoms with van der Waals surface area (Å²) in [7, 11) is 0. The average Bonchev–Trinajstić information content (AvgIpc) is 3.04. The molecule has 0 spiro atoms. The smallest absolute Gasteiger partial charge is 0.328 e. The number of benzene rings is 1. The molecule has 1 aliphatic rings. The topological polar surface area (TPSA) is 105 Å². The van der Waals surface area contributed by atoms with Gasteiger partial charge >= 0.3 is 5.97 Å². The third-order valence-corrected chi connectivity index (χ3v) is 3.32. The van der Waals surface area contributed by atoms with E-state index in [9.17, 15) is 14.4 Å². The van der Waals surface area contributed by atoms with Gasteiger partial charge in [0.25, 0.3) is 5.91 Å². The second kappa shape index (κ2) is 8.09. The zero-order valence-electron chi connectivity index (χ0n) is 12.5. The number of carbonyl (C=O) groups is 3. The van der Waals surface area contributed by atoms with Crippen molar-refractivity contribution in [2.45, 2.75) is 18.9 Å². The standard InChI is InChI=1S/C16H18N2O5/c19-14(7-8-15(20)21)18-13-6-2-1-5-12(13)16(22)17-10-11-4-3-9-23-11/h1-2,5-8,11H,3-4,9-10H2,(H,17,22)(H,18,19)(H,20,21)/b8-7+/t11-/m1/s1. The van der Waals surface area contributed by atoms with Crippen molar-refractivity contribution in [3.05, 3.63) is 42.0 Å². The fourth-order valence-electron chi connectivity index (χ4n) is 2.22. The highest BCUT2D eigenvalue weighted by atomic mass is 16.5. The maximum absolute atomic E-state index is 12.2. The van der Waals surface area contributed by atoms with Gasteiger partial charge in [-0.05, 0) is 25.0 Å². The van der Waals surface area contributed by atoms with Gasteiger partial charge in [0.2, 0.25) is 5.91 Å². The highest BCUT2D eigenvalue weighted by Gasteiger charge is 2.18. The van der Waals surface area contributed by atoms with Gasteiger partial charge in [0.15, 0.2) is 0 Å². The molecular formula is C16H18N2O5. The van der Waals surface area contributed by atoms with Crippen molar-refractivity contribution in [3.63, 3.8) is 0 Å². The molecule has 2 rings (SSSR count). The minimum Gasteiger partial charge on any atom is -0.478 e. The van der Waals surface area contributed by atoms with E-state index in [1.54, 1.807) is 24.3 Å². The summed E-state index contributed by atoms with van der Waals surface area (Å²) < 4.78 is 5.44. The molecule has 1 atom stereocenters. The molecule has 7 nitrogen and oxygen atoms in total. The van der Waals surface area contributed by atoms with Crippen LogP contribution >= 0.6 is 0 Å². The summed E-state index contributed by atoms with van der Waals surface area (Å²) in [5.41, 5.74) is 0.625. The molecule has 1 aliphatic heterocycles. The van der Waals surface area contributed by atoms with E-state index >= 15 is 0 Å². The first kappa shape index (κ1) is 16.7. The zero-order valence-corrected chi connectivity index (χ0v) is 12.5. The summed E-state index contributed by atoms with van der Waals surface area (Å²) in [6, 6.07) is 6.52. The van der Waals surface area contributed by atoms with E-state index in [0.717, 1.165) is 25.0 Å². The van der Waals surface area contributed by atoms with Crippen molar-refractivity contribution >= 4 is 23.5 Å². The van der Waals surface area contributed by atoms with Crippen LogP contribution in [0.5, 0.6) is 0 Å². The van der Waals surface area contributed by atoms with E-state index in [4.69, 9.17) is 9.84 Å². The number of ether oxygens (including phenoxy) is 1. The number of anilines is 1. The highest BCUT2D eigenvalue weighted by Crippen LogP contribution is 2.16. The van der Waals surface area contributed by atoms with Gasteiger partial charge in [0, 0.05) is 25.3 Å². The number of amides is 2. The van der Waals surface area contributed by atoms with Crippen LogP contribution in [0, 0.1) is 0 Å². The lowest BCUT2D eigenvalue weighted by molar-refractivity contribution is -0.131. The lowest BCUT2D eigenvalue weighted by Gasteiger charge is -2.13. The number of carboxylic acids is 1. The zero-order chi connectivity index (χ0) is 16.7. The number of para-hydroxylation sites is 1. The molecule has 0 unspecified atom stereocenters. The van der Waals surface area contributed by atoms with Gasteiger partial charge < -0.3 is 20.5 Å². The van der Waals surface area contributed by atoms with Gasteiger partial charge in [-0.2, -0.15) is 0 Å². The monoisotopic (exact) mass is 318 g/mol. The van der Waals surface area contributed by atoms with Gasteiger partial charge in [0.05, 0.1) is 17.4 Å². The van der Waals surface area contributed by atoms with Crippen LogP contribution in [0.1, 0.15) is 23.2 Å². The van der Waals surface area contributed by atoms with Gasteiger partial charge in [-0.15, -0.1) is 0 Å². The summed E-state index contributed by atoms with van der Waals surface area (Å²) in [6.45, 7) is 1.13. The van der Waals surface area contributed by atoms with Crippen LogP contribution in [-0.2, 0) is 14.3 Å². The normalized spacial score (nSPS) is 17.1. The summed E-state index contributed by atoms with van der Waals surface area (Å²) >= 11 is 0. The minimum absolute atomic E-state index is 0.0270. The van der Waals surface area contributed by atoms with Crippen LogP contribution < -0.4 is 10.6 Å². The average molecular weight is 318 g/mol. The highest BCUT2D eigenvalue weighted by molar-refractivity contribution is 6.07. The fraction of sp³-hybridized carbons (Fsp3) is 0.312. The molecule has 2 amide bonds. The first-order valence-electron chi connectivity index (χ1n) is 7.27. The Hall–Kier alpha value is -2.67. The molecule has 1 fully saturated rings. The SMILES string of the molecule is O=C(O)/C=C/C(=O)Nc1ccccc1C(=O)NC[C@H]1CCCO1. The Morgan fingerprint density at radius 3 is 2.74 bits per heavy atom. The van der Waals surface area contributed by atoms with E-state index in [0.29, 0.717) is 24.4 Å². The van der Waals surface area contributed by atoms with Crippen molar-refractivity contribution in [2.75, 3.05) is 18.5 Å². The number of carboxylic acid groups (broad SMARTS) is 1. The summed E-state index contributed by atoms with van der Waals surface area (Å²) in [6.07, 6.45) is 3.56. The largest absolute Gasteiger partial charge is 0.478 e. The molecule has 1 heterocycles. The van der Waals surface area contributed by atoms with Crippen LogP contribution in [0.3, 0.4) is 0 Å². The third kappa shape index (κ3) is 5.23. The van der Waals surface area contributed by atoms with Crippen molar-refractivity contribution in [1.29, 1.82) is 0 Å². The molecule has 1 aromatic rings. The van der Waals surface area contributed by atoms with Crippen LogP contribution in [0.4, 0.5) is 5.69 Å². The molecule has 0 bridgehead atoms. The van der Waals surface area contributed by atoms with E-state index in [1.807, 2.05) is 0 Å². The van der Waals surface area contributed by atoms with E-state index in [-0.39, 0.29) is 12.0 Å². The fourth-order valence-corrected chi connectivity index (χ4v) is 2.22. The van der Waals surface area contributed by atoms with E-state index < -0.39 is 11.9 Å². The molecule has 3 N–H and O–H groups in total. The molecule has 23 heavy (non-hydrogen) atoms. The summed E-state index contributed by atoms with van der Waals surface area (Å²) in [4.78, 5) is 34.3. The van der Waals surface area contributed by atoms with Crippen molar-refractivity contribution in [1.82, 2.24) is 5.32 Å². The number of rotatable bonds is 6. The number of carbonyl (C=O) groups excluding carboxylic acids is 2. The van der Waals surface area contributed by atoms with Crippen molar-refractivity contribution in [3.8, 4) is 0 Å². The number of nitrogens with one attached hydrogen (secondary N) is 2. The van der Waals surface area contributed by atoms with Crippen LogP contribution in [0.15, 0.2) is 36.4 Å². The van der Waals surface area contributed by atoms with Gasteiger partial charge in [-0.25, -0.2) is 4.79 Å². The van der Waals surface area contributed by atoms with Crippen LogP contribution in [-0.4, -0.2) is 42.1 Å². The van der Waals surface area contributed by atoms with Crippen LogP contribution in [0.2, 0.25) is 0 Å². The Bertz CT molecular complexity index is 621. The maximum atomic E-state index is 12.2. The van der Waals surface area contributed by atoms with Crippen LogP contribution in [0.25, 0.3) is 0 Å². The summed E-state index contributed by atoms with van der Waals surface area (Å²) in [5.74, 6) is -2.16. The molecular weight excluding hydrogens is 300 g/mol. The molecule has 122 valence electrons. The lowest BCUT2D eigenvalue weighted by atomic mass is 10.1. The Balaban J connectivity index is 1.99. The molecule has 0 radical (unpaired) electrons. The second-order valence-electron chi connectivity index (χ2n) is 5.05. The number of hydrogen-bond donors (Lipinski definition) is 3. The molecule has 0 aliphatic carbocycles. The van der Waals surface area contributed by atoms with E-state index in [2.05, 4.69) is 10.6 Å². The first-order valence-corrected chi connectivity index (χ1v) is 7.27. The molecule has 7 heteroatoms. The van der Waals surface area contributed by atoms with Crippen molar-refractivity contribution < 1.29 is 24.2 Å². The Morgan fingerprint density at radius 1 is 1.26 bits per heavy atom.